The number of hydrogen-bond donors (Lipinski definition) is 0. The van der Waals surface area contributed by atoms with Crippen LogP contribution in [0.25, 0.3) is 6.08 Å². The van der Waals surface area contributed by atoms with Crippen molar-refractivity contribution in [1.29, 1.82) is 0 Å². The largest absolute Gasteiger partial charge is 0.311 e. The topological polar surface area (TPSA) is 34.4 Å². The summed E-state index contributed by atoms with van der Waals surface area (Å²) in [4.78, 5) is 15.5. The van der Waals surface area contributed by atoms with Gasteiger partial charge in [0.15, 0.2) is 0 Å². The molecule has 0 saturated carbocycles. The van der Waals surface area contributed by atoms with E-state index in [9.17, 15) is 4.79 Å². The summed E-state index contributed by atoms with van der Waals surface area (Å²) in [5, 5.41) is 0. The lowest BCUT2D eigenvalue weighted by Gasteiger charge is -2.11. The Bertz CT molecular complexity index is 416. The first-order valence-electron chi connectivity index (χ1n) is 4.46. The third kappa shape index (κ3) is 1.66. The van der Waals surface area contributed by atoms with Crippen LogP contribution < -0.4 is 5.56 Å². The maximum absolute atomic E-state index is 11.8. The van der Waals surface area contributed by atoms with Crippen LogP contribution in [0, 0.1) is 0 Å². The number of nitrogens with zero attached hydrogens (tertiary/aromatic N) is 2. The molecular weight excluding hydrogens is 176 g/mol. The molecule has 1 aromatic rings. The third-order valence-electron chi connectivity index (χ3n) is 2.06. The second-order valence-corrected chi connectivity index (χ2v) is 3.29. The molecule has 0 radical (unpaired) electrons. The molecule has 0 saturated heterocycles. The van der Waals surface area contributed by atoms with Crippen LogP contribution in [0.4, 0.5) is 5.69 Å². The van der Waals surface area contributed by atoms with Crippen LogP contribution in [-0.4, -0.2) is 11.3 Å². The summed E-state index contributed by atoms with van der Waals surface area (Å²) in [5.41, 5.74) is 0.977. The average molecular weight is 190 g/mol. The standard InChI is InChI=1S/C11H14N2O/c1-5-9-6-7-13(8(2)3)11(14)10(9)12-4/h5-8H,1,4H2,2-3H3. The SMILES string of the molecule is C=Cc1ccn(C(C)C)c(=O)c1N=C. The second kappa shape index (κ2) is 4.05. The fourth-order valence-corrected chi connectivity index (χ4v) is 1.28. The Morgan fingerprint density at radius 2 is 2.21 bits per heavy atom. The lowest BCUT2D eigenvalue weighted by molar-refractivity contribution is 0.579. The van der Waals surface area contributed by atoms with Crippen LogP contribution in [-0.2, 0) is 0 Å². The molecule has 0 aliphatic heterocycles. The number of aromatic nitrogens is 1. The van der Waals surface area contributed by atoms with Crippen LogP contribution in [0.3, 0.4) is 0 Å². The van der Waals surface area contributed by atoms with Crippen molar-refractivity contribution < 1.29 is 0 Å². The molecule has 1 rings (SSSR count). The predicted molar refractivity (Wildman–Crippen MR) is 60.4 cm³/mol. The molecule has 0 amide bonds. The van der Waals surface area contributed by atoms with Gasteiger partial charge in [0.1, 0.15) is 5.69 Å². The highest BCUT2D eigenvalue weighted by Gasteiger charge is 2.07. The van der Waals surface area contributed by atoms with Gasteiger partial charge in [-0.05, 0) is 26.6 Å². The van der Waals surface area contributed by atoms with Crippen LogP contribution in [0.2, 0.25) is 0 Å². The van der Waals surface area contributed by atoms with E-state index in [0.717, 1.165) is 5.56 Å². The Hall–Kier alpha value is -1.64. The molecular formula is C11H14N2O. The fourth-order valence-electron chi connectivity index (χ4n) is 1.28. The molecule has 0 aliphatic rings. The lowest BCUT2D eigenvalue weighted by atomic mass is 10.2. The van der Waals surface area contributed by atoms with Gasteiger partial charge in [-0.1, -0.05) is 12.7 Å². The van der Waals surface area contributed by atoms with E-state index >= 15 is 0 Å². The minimum absolute atomic E-state index is 0.118. The summed E-state index contributed by atoms with van der Waals surface area (Å²) in [6.07, 6.45) is 3.36. The molecule has 1 heterocycles. The molecule has 0 aromatic carbocycles. The summed E-state index contributed by atoms with van der Waals surface area (Å²) in [6, 6.07) is 1.94. The second-order valence-electron chi connectivity index (χ2n) is 3.29. The summed E-state index contributed by atoms with van der Waals surface area (Å²) in [6.45, 7) is 10.9. The van der Waals surface area contributed by atoms with Crippen molar-refractivity contribution in [1.82, 2.24) is 4.57 Å². The smallest absolute Gasteiger partial charge is 0.277 e. The molecule has 0 fully saturated rings. The molecule has 74 valence electrons. The molecule has 0 bridgehead atoms. The summed E-state index contributed by atoms with van der Waals surface area (Å²) in [7, 11) is 0. The van der Waals surface area contributed by atoms with Crippen molar-refractivity contribution in [3.63, 3.8) is 0 Å². The Morgan fingerprint density at radius 3 is 2.64 bits per heavy atom. The molecule has 3 nitrogen and oxygen atoms in total. The summed E-state index contributed by atoms with van der Waals surface area (Å²) >= 11 is 0. The van der Waals surface area contributed by atoms with Crippen LogP contribution in [0.15, 0.2) is 28.6 Å². The molecule has 0 N–H and O–H groups in total. The van der Waals surface area contributed by atoms with E-state index in [1.54, 1.807) is 16.8 Å². The molecule has 3 heteroatoms. The van der Waals surface area contributed by atoms with Crippen molar-refractivity contribution in [2.24, 2.45) is 4.99 Å². The average Bonchev–Trinajstić information content (AvgIpc) is 2.16. The molecule has 0 atom stereocenters. The van der Waals surface area contributed by atoms with Gasteiger partial charge < -0.3 is 4.57 Å². The first-order valence-corrected chi connectivity index (χ1v) is 4.46. The number of rotatable bonds is 3. The highest BCUT2D eigenvalue weighted by atomic mass is 16.1. The molecule has 1 aromatic heterocycles. The molecule has 0 spiro atoms. The van der Waals surface area contributed by atoms with Gasteiger partial charge in [-0.15, -0.1) is 0 Å². The Morgan fingerprint density at radius 1 is 1.57 bits per heavy atom. The van der Waals surface area contributed by atoms with Gasteiger partial charge in [-0.2, -0.15) is 0 Å². The van der Waals surface area contributed by atoms with Gasteiger partial charge in [0, 0.05) is 17.8 Å². The fraction of sp³-hybridized carbons (Fsp3) is 0.273. The van der Waals surface area contributed by atoms with Gasteiger partial charge in [0.05, 0.1) is 0 Å². The van der Waals surface area contributed by atoms with E-state index in [1.165, 1.54) is 0 Å². The van der Waals surface area contributed by atoms with Gasteiger partial charge in [0.25, 0.3) is 5.56 Å². The molecule has 0 aliphatic carbocycles. The molecule has 14 heavy (non-hydrogen) atoms. The highest BCUT2D eigenvalue weighted by molar-refractivity contribution is 5.63. The van der Waals surface area contributed by atoms with Crippen LogP contribution >= 0.6 is 0 Å². The maximum Gasteiger partial charge on any atom is 0.277 e. The first kappa shape index (κ1) is 10.4. The van der Waals surface area contributed by atoms with Crippen LogP contribution in [0.5, 0.6) is 0 Å². The van der Waals surface area contributed by atoms with E-state index in [2.05, 4.69) is 18.3 Å². The van der Waals surface area contributed by atoms with Crippen molar-refractivity contribution in [3.05, 3.63) is 34.8 Å². The van der Waals surface area contributed by atoms with Crippen molar-refractivity contribution in [2.75, 3.05) is 0 Å². The predicted octanol–water partition coefficient (Wildman–Crippen LogP) is 2.40. The monoisotopic (exact) mass is 190 g/mol. The van der Waals surface area contributed by atoms with Crippen molar-refractivity contribution in [3.8, 4) is 0 Å². The van der Waals surface area contributed by atoms with Gasteiger partial charge in [-0.25, -0.2) is 0 Å². The maximum atomic E-state index is 11.8. The highest BCUT2D eigenvalue weighted by Crippen LogP contribution is 2.15. The number of hydrogen-bond acceptors (Lipinski definition) is 2. The third-order valence-corrected chi connectivity index (χ3v) is 2.06. The Kier molecular flexibility index (Phi) is 3.02. The van der Waals surface area contributed by atoms with E-state index < -0.39 is 0 Å². The van der Waals surface area contributed by atoms with Crippen molar-refractivity contribution in [2.45, 2.75) is 19.9 Å². The Labute approximate surface area is 83.4 Å². The zero-order chi connectivity index (χ0) is 10.7. The minimum Gasteiger partial charge on any atom is -0.311 e. The van der Waals surface area contributed by atoms with E-state index in [4.69, 9.17) is 0 Å². The minimum atomic E-state index is -0.118. The first-order chi connectivity index (χ1) is 6.61. The number of pyridine rings is 1. The van der Waals surface area contributed by atoms with Crippen molar-refractivity contribution >= 4 is 18.5 Å². The van der Waals surface area contributed by atoms with E-state index in [1.807, 2.05) is 19.9 Å². The zero-order valence-corrected chi connectivity index (χ0v) is 8.53. The molecule has 0 unspecified atom stereocenters. The lowest BCUT2D eigenvalue weighted by Crippen LogP contribution is -2.21. The van der Waals surface area contributed by atoms with E-state index in [-0.39, 0.29) is 11.6 Å². The quantitative estimate of drug-likeness (QED) is 0.674. The van der Waals surface area contributed by atoms with Gasteiger partial charge in [-0.3, -0.25) is 9.79 Å². The van der Waals surface area contributed by atoms with Crippen LogP contribution in [0.1, 0.15) is 25.5 Å². The zero-order valence-electron chi connectivity index (χ0n) is 8.53. The van der Waals surface area contributed by atoms with E-state index in [0.29, 0.717) is 5.69 Å². The summed E-state index contributed by atoms with van der Waals surface area (Å²) in [5.74, 6) is 0. The number of aliphatic imine (C=N–C) groups is 1. The summed E-state index contributed by atoms with van der Waals surface area (Å²) < 4.78 is 1.62. The normalized spacial score (nSPS) is 10.2. The van der Waals surface area contributed by atoms with Gasteiger partial charge >= 0.3 is 0 Å². The Balaban J connectivity index is 3.50. The van der Waals surface area contributed by atoms with Gasteiger partial charge in [0.2, 0.25) is 0 Å².